The van der Waals surface area contributed by atoms with Crippen LogP contribution in [0, 0.1) is 6.92 Å². The molecule has 0 unspecified atom stereocenters. The smallest absolute Gasteiger partial charge is 0.347 e. The molecule has 2 heterocycles. The Morgan fingerprint density at radius 2 is 2.25 bits per heavy atom. The molecule has 0 aliphatic heterocycles. The molecule has 0 saturated heterocycles. The van der Waals surface area contributed by atoms with Crippen molar-refractivity contribution in [3.05, 3.63) is 45.7 Å². The summed E-state index contributed by atoms with van der Waals surface area (Å²) in [5.74, 6) is -1.21. The summed E-state index contributed by atoms with van der Waals surface area (Å²) in [4.78, 5) is 30.9. The maximum absolute atomic E-state index is 11.8. The summed E-state index contributed by atoms with van der Waals surface area (Å²) < 4.78 is 0. The maximum Gasteiger partial charge on any atom is 0.347 e. The van der Waals surface area contributed by atoms with Gasteiger partial charge in [0.2, 0.25) is 5.91 Å². The Bertz CT molecular complexity index is 625. The van der Waals surface area contributed by atoms with Crippen molar-refractivity contribution in [1.29, 1.82) is 0 Å². The second kappa shape index (κ2) is 6.25. The van der Waals surface area contributed by atoms with Crippen LogP contribution in [-0.4, -0.2) is 27.0 Å². The number of carbonyl (C=O) groups excluding carboxylic acids is 1. The van der Waals surface area contributed by atoms with Crippen molar-refractivity contribution in [2.45, 2.75) is 19.9 Å². The van der Waals surface area contributed by atoms with E-state index in [1.54, 1.807) is 25.4 Å². The maximum atomic E-state index is 11.8. The van der Waals surface area contributed by atoms with Gasteiger partial charge in [0.05, 0.1) is 12.1 Å². The highest BCUT2D eigenvalue weighted by atomic mass is 32.1. The topological polar surface area (TPSA) is 92.2 Å². The Labute approximate surface area is 119 Å². The SMILES string of the molecule is Cc1nc(CC(=O)NCc2cccnc2)sc1C(=O)O. The van der Waals surface area contributed by atoms with Gasteiger partial charge in [0.25, 0.3) is 0 Å². The predicted octanol–water partition coefficient (Wildman–Crippen LogP) is 1.40. The minimum atomic E-state index is -1.01. The third-order valence-corrected chi connectivity index (χ3v) is 3.70. The quantitative estimate of drug-likeness (QED) is 0.868. The number of carbonyl (C=O) groups is 2. The van der Waals surface area contributed by atoms with Crippen molar-refractivity contribution in [3.63, 3.8) is 0 Å². The van der Waals surface area contributed by atoms with Gasteiger partial charge in [-0.2, -0.15) is 0 Å². The largest absolute Gasteiger partial charge is 0.477 e. The van der Waals surface area contributed by atoms with Crippen LogP contribution in [0.3, 0.4) is 0 Å². The van der Waals surface area contributed by atoms with Crippen molar-refractivity contribution in [2.75, 3.05) is 0 Å². The van der Waals surface area contributed by atoms with Crippen molar-refractivity contribution < 1.29 is 14.7 Å². The second-order valence-electron chi connectivity index (χ2n) is 4.14. The molecule has 104 valence electrons. The summed E-state index contributed by atoms with van der Waals surface area (Å²) in [6.45, 7) is 2.01. The summed E-state index contributed by atoms with van der Waals surface area (Å²) in [6.07, 6.45) is 3.42. The molecular formula is C13H13N3O3S. The van der Waals surface area contributed by atoms with Gasteiger partial charge in [0.15, 0.2) is 0 Å². The van der Waals surface area contributed by atoms with E-state index in [1.807, 2.05) is 6.07 Å². The normalized spacial score (nSPS) is 10.2. The average molecular weight is 291 g/mol. The van der Waals surface area contributed by atoms with Crippen LogP contribution in [0.1, 0.15) is 25.9 Å². The van der Waals surface area contributed by atoms with Crippen molar-refractivity contribution >= 4 is 23.2 Å². The van der Waals surface area contributed by atoms with Crippen LogP contribution in [0.2, 0.25) is 0 Å². The number of carboxylic acids is 1. The number of nitrogens with zero attached hydrogens (tertiary/aromatic N) is 2. The van der Waals surface area contributed by atoms with Gasteiger partial charge in [-0.3, -0.25) is 9.78 Å². The molecule has 6 nitrogen and oxygen atoms in total. The summed E-state index contributed by atoms with van der Waals surface area (Å²) in [7, 11) is 0. The van der Waals surface area contributed by atoms with Gasteiger partial charge in [0, 0.05) is 18.9 Å². The lowest BCUT2D eigenvalue weighted by Gasteiger charge is -2.03. The van der Waals surface area contributed by atoms with E-state index in [0.717, 1.165) is 16.9 Å². The van der Waals surface area contributed by atoms with E-state index in [9.17, 15) is 9.59 Å². The highest BCUT2D eigenvalue weighted by Crippen LogP contribution is 2.18. The zero-order chi connectivity index (χ0) is 14.5. The van der Waals surface area contributed by atoms with Gasteiger partial charge in [0.1, 0.15) is 9.88 Å². The minimum Gasteiger partial charge on any atom is -0.477 e. The number of rotatable bonds is 5. The van der Waals surface area contributed by atoms with Crippen molar-refractivity contribution in [3.8, 4) is 0 Å². The van der Waals surface area contributed by atoms with E-state index in [2.05, 4.69) is 15.3 Å². The molecule has 0 aliphatic carbocycles. The standard InChI is InChI=1S/C13H13N3O3S/c1-8-12(13(18)19)20-11(16-8)5-10(17)15-7-9-3-2-4-14-6-9/h2-4,6H,5,7H2,1H3,(H,15,17)(H,18,19). The number of pyridine rings is 1. The van der Waals surface area contributed by atoms with Gasteiger partial charge in [-0.05, 0) is 18.6 Å². The molecule has 0 aromatic carbocycles. The molecule has 0 saturated carbocycles. The second-order valence-corrected chi connectivity index (χ2v) is 5.23. The van der Waals surface area contributed by atoms with Crippen LogP contribution in [0.4, 0.5) is 0 Å². The van der Waals surface area contributed by atoms with E-state index >= 15 is 0 Å². The fraction of sp³-hybridized carbons (Fsp3) is 0.231. The number of hydrogen-bond acceptors (Lipinski definition) is 5. The Morgan fingerprint density at radius 3 is 2.85 bits per heavy atom. The van der Waals surface area contributed by atoms with Crippen LogP contribution < -0.4 is 5.32 Å². The number of aryl methyl sites for hydroxylation is 1. The van der Waals surface area contributed by atoms with Crippen molar-refractivity contribution in [1.82, 2.24) is 15.3 Å². The van der Waals surface area contributed by atoms with Crippen molar-refractivity contribution in [2.24, 2.45) is 0 Å². The van der Waals surface area contributed by atoms with E-state index in [4.69, 9.17) is 5.11 Å². The summed E-state index contributed by atoms with van der Waals surface area (Å²) in [5.41, 5.74) is 1.35. The molecule has 2 rings (SSSR count). The van der Waals surface area contributed by atoms with Crippen LogP contribution in [0.15, 0.2) is 24.5 Å². The monoisotopic (exact) mass is 291 g/mol. The molecular weight excluding hydrogens is 278 g/mol. The van der Waals surface area contributed by atoms with E-state index < -0.39 is 5.97 Å². The molecule has 2 aromatic heterocycles. The first-order chi connectivity index (χ1) is 9.56. The number of amides is 1. The Hall–Kier alpha value is -2.28. The number of carboxylic acid groups (broad SMARTS) is 1. The third-order valence-electron chi connectivity index (χ3n) is 2.56. The van der Waals surface area contributed by atoms with Gasteiger partial charge < -0.3 is 10.4 Å². The van der Waals surface area contributed by atoms with Crippen LogP contribution in [0.5, 0.6) is 0 Å². The van der Waals surface area contributed by atoms with Gasteiger partial charge in [-0.15, -0.1) is 11.3 Å². The molecule has 0 spiro atoms. The number of thiazole rings is 1. The number of aromatic nitrogens is 2. The zero-order valence-corrected chi connectivity index (χ0v) is 11.6. The molecule has 0 atom stereocenters. The molecule has 20 heavy (non-hydrogen) atoms. The van der Waals surface area contributed by atoms with E-state index in [1.165, 1.54) is 0 Å². The third kappa shape index (κ3) is 3.61. The fourth-order valence-electron chi connectivity index (χ4n) is 1.63. The number of nitrogens with one attached hydrogen (secondary N) is 1. The summed E-state index contributed by atoms with van der Waals surface area (Å²) in [5, 5.41) is 12.2. The fourth-order valence-corrected chi connectivity index (χ4v) is 2.53. The molecule has 1 amide bonds. The highest BCUT2D eigenvalue weighted by Gasteiger charge is 2.15. The highest BCUT2D eigenvalue weighted by molar-refractivity contribution is 7.13. The molecule has 0 bridgehead atoms. The lowest BCUT2D eigenvalue weighted by atomic mass is 10.3. The summed E-state index contributed by atoms with van der Waals surface area (Å²) in [6, 6.07) is 3.66. The predicted molar refractivity (Wildman–Crippen MR) is 73.6 cm³/mol. The zero-order valence-electron chi connectivity index (χ0n) is 10.8. The van der Waals surface area contributed by atoms with Gasteiger partial charge in [-0.25, -0.2) is 9.78 Å². The lowest BCUT2D eigenvalue weighted by molar-refractivity contribution is -0.120. The first-order valence-electron chi connectivity index (χ1n) is 5.91. The number of hydrogen-bond donors (Lipinski definition) is 2. The molecule has 0 radical (unpaired) electrons. The minimum absolute atomic E-state index is 0.0824. The average Bonchev–Trinajstić information content (AvgIpc) is 2.78. The van der Waals surface area contributed by atoms with E-state index in [-0.39, 0.29) is 17.2 Å². The van der Waals surface area contributed by atoms with Crippen LogP contribution in [0.25, 0.3) is 0 Å². The Kier molecular flexibility index (Phi) is 4.41. The molecule has 0 fully saturated rings. The van der Waals surface area contributed by atoms with Crippen LogP contribution >= 0.6 is 11.3 Å². The number of aromatic carboxylic acids is 1. The molecule has 7 heteroatoms. The summed E-state index contributed by atoms with van der Waals surface area (Å²) >= 11 is 1.03. The molecule has 0 aliphatic rings. The Balaban J connectivity index is 1.92. The van der Waals surface area contributed by atoms with Gasteiger partial charge in [-0.1, -0.05) is 6.07 Å². The Morgan fingerprint density at radius 1 is 1.45 bits per heavy atom. The van der Waals surface area contributed by atoms with Crippen LogP contribution in [-0.2, 0) is 17.8 Å². The van der Waals surface area contributed by atoms with Gasteiger partial charge >= 0.3 is 5.97 Å². The molecule has 2 N–H and O–H groups in total. The van der Waals surface area contributed by atoms with E-state index in [0.29, 0.717) is 17.2 Å². The first-order valence-corrected chi connectivity index (χ1v) is 6.73. The first kappa shape index (κ1) is 14.1. The lowest BCUT2D eigenvalue weighted by Crippen LogP contribution is -2.24. The molecule has 2 aromatic rings.